The van der Waals surface area contributed by atoms with E-state index >= 15 is 0 Å². The lowest BCUT2D eigenvalue weighted by atomic mass is 9.95. The van der Waals surface area contributed by atoms with Crippen molar-refractivity contribution in [1.82, 2.24) is 4.90 Å². The van der Waals surface area contributed by atoms with E-state index < -0.39 is 17.6 Å². The van der Waals surface area contributed by atoms with Crippen LogP contribution in [0.1, 0.15) is 31.7 Å². The van der Waals surface area contributed by atoms with Crippen LogP contribution >= 0.6 is 0 Å². The summed E-state index contributed by atoms with van der Waals surface area (Å²) < 4.78 is 38.8. The maximum Gasteiger partial charge on any atom is 0.418 e. The van der Waals surface area contributed by atoms with Gasteiger partial charge in [0.05, 0.1) is 11.3 Å². The monoisotopic (exact) mass is 328 g/mol. The molecule has 2 amide bonds. The molecule has 0 saturated carbocycles. The third kappa shape index (κ3) is 4.24. The van der Waals surface area contributed by atoms with Gasteiger partial charge in [-0.15, -0.1) is 0 Å². The number of likely N-dealkylation sites (tertiary alicyclic amines) is 1. The Morgan fingerprint density at radius 2 is 1.83 bits per heavy atom. The van der Waals surface area contributed by atoms with Crippen LogP contribution in [0.15, 0.2) is 24.3 Å². The normalized spacial score (nSPS) is 16.3. The van der Waals surface area contributed by atoms with Gasteiger partial charge in [0.15, 0.2) is 0 Å². The molecule has 1 aliphatic rings. The predicted octanol–water partition coefficient (Wildman–Crippen LogP) is 3.29. The quantitative estimate of drug-likeness (QED) is 0.925. The average Bonchev–Trinajstić information content (AvgIpc) is 2.53. The van der Waals surface area contributed by atoms with Crippen LogP contribution in [-0.2, 0) is 15.8 Å². The van der Waals surface area contributed by atoms with Crippen molar-refractivity contribution in [3.8, 4) is 0 Å². The average molecular weight is 328 g/mol. The molecule has 126 valence electrons. The van der Waals surface area contributed by atoms with Gasteiger partial charge in [0.25, 0.3) is 0 Å². The molecule has 4 nitrogen and oxygen atoms in total. The molecular weight excluding hydrogens is 309 g/mol. The zero-order valence-corrected chi connectivity index (χ0v) is 12.8. The molecule has 0 unspecified atom stereocenters. The molecule has 1 aromatic carbocycles. The van der Waals surface area contributed by atoms with Crippen molar-refractivity contribution in [2.45, 2.75) is 32.4 Å². The van der Waals surface area contributed by atoms with E-state index in [2.05, 4.69) is 5.32 Å². The minimum atomic E-state index is -4.51. The Morgan fingerprint density at radius 3 is 2.39 bits per heavy atom. The molecular formula is C16H19F3N2O2. The highest BCUT2D eigenvalue weighted by molar-refractivity contribution is 5.93. The van der Waals surface area contributed by atoms with Gasteiger partial charge < -0.3 is 10.2 Å². The Kier molecular flexibility index (Phi) is 5.28. The van der Waals surface area contributed by atoms with Crippen LogP contribution in [0.4, 0.5) is 18.9 Å². The zero-order valence-electron chi connectivity index (χ0n) is 12.8. The van der Waals surface area contributed by atoms with E-state index in [9.17, 15) is 22.8 Å². The molecule has 0 spiro atoms. The molecule has 2 rings (SSSR count). The summed E-state index contributed by atoms with van der Waals surface area (Å²) in [7, 11) is 0. The summed E-state index contributed by atoms with van der Waals surface area (Å²) in [5.74, 6) is -0.770. The fourth-order valence-electron chi connectivity index (χ4n) is 2.69. The maximum atomic E-state index is 12.9. The van der Waals surface area contributed by atoms with Crippen LogP contribution in [0.2, 0.25) is 0 Å². The number of nitrogens with one attached hydrogen (secondary N) is 1. The molecule has 1 aromatic rings. The van der Waals surface area contributed by atoms with Crippen LogP contribution < -0.4 is 5.32 Å². The van der Waals surface area contributed by atoms with Gasteiger partial charge >= 0.3 is 6.18 Å². The second-order valence-corrected chi connectivity index (χ2v) is 5.54. The van der Waals surface area contributed by atoms with Crippen LogP contribution in [0, 0.1) is 5.92 Å². The SMILES string of the molecule is CCC(=O)N1CCC(C(=O)Nc2ccccc2C(F)(F)F)CC1. The number of halogens is 3. The first-order valence-electron chi connectivity index (χ1n) is 7.57. The predicted molar refractivity (Wildman–Crippen MR) is 79.7 cm³/mol. The lowest BCUT2D eigenvalue weighted by molar-refractivity contribution is -0.137. The third-order valence-electron chi connectivity index (χ3n) is 4.01. The van der Waals surface area contributed by atoms with Crippen LogP contribution in [0.25, 0.3) is 0 Å². The van der Waals surface area contributed by atoms with Gasteiger partial charge in [-0.2, -0.15) is 13.2 Å². The summed E-state index contributed by atoms with van der Waals surface area (Å²) in [4.78, 5) is 25.5. The third-order valence-corrected chi connectivity index (χ3v) is 4.01. The van der Waals surface area contributed by atoms with E-state index in [0.717, 1.165) is 6.07 Å². The number of carbonyl (C=O) groups excluding carboxylic acids is 2. The fourth-order valence-corrected chi connectivity index (χ4v) is 2.69. The maximum absolute atomic E-state index is 12.9. The Balaban J connectivity index is 2.00. The molecule has 0 radical (unpaired) electrons. The number of hydrogen-bond acceptors (Lipinski definition) is 2. The second kappa shape index (κ2) is 7.02. The van der Waals surface area contributed by atoms with Gasteiger partial charge in [-0.25, -0.2) is 0 Å². The fraction of sp³-hybridized carbons (Fsp3) is 0.500. The molecule has 1 fully saturated rings. The molecule has 1 saturated heterocycles. The number of anilines is 1. The number of piperidine rings is 1. The lowest BCUT2D eigenvalue weighted by Crippen LogP contribution is -2.41. The van der Waals surface area contributed by atoms with Crippen molar-refractivity contribution in [2.24, 2.45) is 5.92 Å². The summed E-state index contributed by atoms with van der Waals surface area (Å²) in [6, 6.07) is 4.93. The molecule has 0 aromatic heterocycles. The molecule has 1 N–H and O–H groups in total. The largest absolute Gasteiger partial charge is 0.418 e. The van der Waals surface area contributed by atoms with Crippen molar-refractivity contribution >= 4 is 17.5 Å². The number of hydrogen-bond donors (Lipinski definition) is 1. The summed E-state index contributed by atoms with van der Waals surface area (Å²) in [5.41, 5.74) is -1.08. The minimum absolute atomic E-state index is 0.0336. The first-order valence-corrected chi connectivity index (χ1v) is 7.57. The lowest BCUT2D eigenvalue weighted by Gasteiger charge is -2.31. The standard InChI is InChI=1S/C16H19F3N2O2/c1-2-14(22)21-9-7-11(8-10-21)15(23)20-13-6-4-3-5-12(13)16(17,18)19/h3-6,11H,2,7-10H2,1H3,(H,20,23). The number of alkyl halides is 3. The van der Waals surface area contributed by atoms with Crippen LogP contribution in [-0.4, -0.2) is 29.8 Å². The van der Waals surface area contributed by atoms with E-state index in [1.54, 1.807) is 11.8 Å². The van der Waals surface area contributed by atoms with Crippen molar-refractivity contribution in [2.75, 3.05) is 18.4 Å². The number of rotatable bonds is 3. The molecule has 1 aliphatic heterocycles. The van der Waals surface area contributed by atoms with Crippen LogP contribution in [0.5, 0.6) is 0 Å². The summed E-state index contributed by atoms with van der Waals surface area (Å²) in [6.45, 7) is 2.70. The van der Waals surface area contributed by atoms with Crippen LogP contribution in [0.3, 0.4) is 0 Å². The van der Waals surface area contributed by atoms with E-state index in [4.69, 9.17) is 0 Å². The molecule has 1 heterocycles. The van der Waals surface area contributed by atoms with E-state index in [-0.39, 0.29) is 17.5 Å². The molecule has 0 aliphatic carbocycles. The number of benzene rings is 1. The number of amides is 2. The Bertz CT molecular complexity index is 579. The smallest absolute Gasteiger partial charge is 0.343 e. The Hall–Kier alpha value is -2.05. The highest BCUT2D eigenvalue weighted by Crippen LogP contribution is 2.35. The van der Waals surface area contributed by atoms with Gasteiger partial charge in [0, 0.05) is 25.4 Å². The highest BCUT2D eigenvalue weighted by Gasteiger charge is 2.34. The van der Waals surface area contributed by atoms with Crippen molar-refractivity contribution in [3.63, 3.8) is 0 Å². The molecule has 7 heteroatoms. The summed E-state index contributed by atoms with van der Waals surface area (Å²) in [5, 5.41) is 2.38. The van der Waals surface area contributed by atoms with Gasteiger partial charge in [0.2, 0.25) is 11.8 Å². The first kappa shape index (κ1) is 17.3. The van der Waals surface area contributed by atoms with E-state index in [1.807, 2.05) is 0 Å². The number of carbonyl (C=O) groups is 2. The van der Waals surface area contributed by atoms with Crippen molar-refractivity contribution in [3.05, 3.63) is 29.8 Å². The summed E-state index contributed by atoms with van der Waals surface area (Å²) >= 11 is 0. The first-order chi connectivity index (χ1) is 10.8. The van der Waals surface area contributed by atoms with Gasteiger partial charge in [-0.3, -0.25) is 9.59 Å². The molecule has 0 bridgehead atoms. The second-order valence-electron chi connectivity index (χ2n) is 5.54. The van der Waals surface area contributed by atoms with Gasteiger partial charge in [-0.1, -0.05) is 19.1 Å². The van der Waals surface area contributed by atoms with E-state index in [1.165, 1.54) is 18.2 Å². The van der Waals surface area contributed by atoms with Crippen molar-refractivity contribution < 1.29 is 22.8 Å². The van der Waals surface area contributed by atoms with Crippen molar-refractivity contribution in [1.29, 1.82) is 0 Å². The molecule has 23 heavy (non-hydrogen) atoms. The van der Waals surface area contributed by atoms with E-state index in [0.29, 0.717) is 32.4 Å². The highest BCUT2D eigenvalue weighted by atomic mass is 19.4. The Morgan fingerprint density at radius 1 is 1.22 bits per heavy atom. The number of nitrogens with zero attached hydrogens (tertiary/aromatic N) is 1. The zero-order chi connectivity index (χ0) is 17.0. The topological polar surface area (TPSA) is 49.4 Å². The summed E-state index contributed by atoms with van der Waals surface area (Å²) in [6.07, 6.45) is -3.17. The minimum Gasteiger partial charge on any atom is -0.343 e. The van der Waals surface area contributed by atoms with Gasteiger partial charge in [0.1, 0.15) is 0 Å². The number of para-hydroxylation sites is 1. The van der Waals surface area contributed by atoms with Gasteiger partial charge in [-0.05, 0) is 25.0 Å². The Labute approximate surface area is 132 Å². The molecule has 0 atom stereocenters.